The molecule has 2 aliphatic heterocycles. The van der Waals surface area contributed by atoms with Gasteiger partial charge in [-0.2, -0.15) is 4.98 Å². The van der Waals surface area contributed by atoms with Gasteiger partial charge in [-0.25, -0.2) is 9.78 Å². The molecular formula is C25H31N5O5. The van der Waals surface area contributed by atoms with E-state index >= 15 is 0 Å². The highest BCUT2D eigenvalue weighted by molar-refractivity contribution is 5.91. The summed E-state index contributed by atoms with van der Waals surface area (Å²) >= 11 is 0. The van der Waals surface area contributed by atoms with Gasteiger partial charge in [0.25, 0.3) is 0 Å². The van der Waals surface area contributed by atoms with Crippen LogP contribution in [-0.2, 0) is 21.4 Å². The zero-order chi connectivity index (χ0) is 24.0. The molecule has 3 fully saturated rings. The predicted octanol–water partition coefficient (Wildman–Crippen LogP) is 3.28. The number of carbonyl (C=O) groups excluding carboxylic acids is 2. The molecule has 0 unspecified atom stereocenters. The number of Topliss-reactive ketones (excluding diaryl/α,β-unsaturated/α-hetero) is 1. The van der Waals surface area contributed by atoms with Gasteiger partial charge in [0.05, 0.1) is 12.0 Å². The molecule has 0 radical (unpaired) electrons. The monoisotopic (exact) mass is 481 g/mol. The second kappa shape index (κ2) is 8.89. The van der Waals surface area contributed by atoms with Crippen molar-refractivity contribution >= 4 is 17.7 Å². The van der Waals surface area contributed by atoms with E-state index in [9.17, 15) is 9.59 Å². The van der Waals surface area contributed by atoms with Crippen LogP contribution in [0.25, 0.3) is 11.5 Å². The summed E-state index contributed by atoms with van der Waals surface area (Å²) in [4.78, 5) is 38.5. The van der Waals surface area contributed by atoms with Crippen molar-refractivity contribution in [1.29, 1.82) is 0 Å². The lowest BCUT2D eigenvalue weighted by atomic mass is 9.64. The van der Waals surface area contributed by atoms with Crippen molar-refractivity contribution in [3.05, 3.63) is 17.4 Å². The molecule has 186 valence electrons. The van der Waals surface area contributed by atoms with Crippen LogP contribution in [0.4, 0.5) is 10.6 Å². The molecule has 2 aromatic heterocycles. The first-order valence-electron chi connectivity index (χ1n) is 12.7. The maximum absolute atomic E-state index is 13.0. The highest BCUT2D eigenvalue weighted by atomic mass is 16.6. The molecular weight excluding hydrogens is 450 g/mol. The smallest absolute Gasteiger partial charge is 0.415 e. The Bertz CT molecular complexity index is 1150. The minimum Gasteiger partial charge on any atom is -0.476 e. The van der Waals surface area contributed by atoms with E-state index in [1.165, 1.54) is 4.90 Å². The first-order valence-corrected chi connectivity index (χ1v) is 12.7. The minimum atomic E-state index is -0.570. The molecule has 0 N–H and O–H groups in total. The van der Waals surface area contributed by atoms with Gasteiger partial charge < -0.3 is 18.9 Å². The Morgan fingerprint density at radius 3 is 2.77 bits per heavy atom. The van der Waals surface area contributed by atoms with Crippen molar-refractivity contribution in [2.24, 2.45) is 0 Å². The van der Waals surface area contributed by atoms with Crippen molar-refractivity contribution < 1.29 is 23.6 Å². The number of rotatable bonds is 5. The quantitative estimate of drug-likeness (QED) is 0.635. The third-order valence-electron chi connectivity index (χ3n) is 8.08. The van der Waals surface area contributed by atoms with Gasteiger partial charge in [0.1, 0.15) is 24.8 Å². The molecule has 10 heteroatoms. The molecule has 2 saturated heterocycles. The fourth-order valence-electron chi connectivity index (χ4n) is 6.07. The summed E-state index contributed by atoms with van der Waals surface area (Å²) < 4.78 is 17.1. The van der Waals surface area contributed by atoms with E-state index in [1.807, 2.05) is 0 Å². The number of likely N-dealkylation sites (tertiary alicyclic amines) is 1. The standard InChI is InChI=1S/C25H31N5O5/c1-29-11-5-6-16(29)15-34-20-14-19(30-12-13-33-24(30)32)26-23(27-20)21-17-7-4-10-25(22(17)35-28-21)9-3-2-8-18(25)31/h14,16H,2-13,15H2,1H3/t16-,25+/m0/s1. The van der Waals surface area contributed by atoms with Crippen LogP contribution in [-0.4, -0.2) is 71.3 Å². The van der Waals surface area contributed by atoms with Crippen molar-refractivity contribution in [3.63, 3.8) is 0 Å². The lowest BCUT2D eigenvalue weighted by Gasteiger charge is -2.36. The Hall–Kier alpha value is -3.01. The minimum absolute atomic E-state index is 0.256. The third-order valence-corrected chi connectivity index (χ3v) is 8.08. The van der Waals surface area contributed by atoms with E-state index in [4.69, 9.17) is 14.0 Å². The molecule has 35 heavy (non-hydrogen) atoms. The Kier molecular flexibility index (Phi) is 5.70. The molecule has 0 bridgehead atoms. The highest BCUT2D eigenvalue weighted by Crippen LogP contribution is 2.47. The third kappa shape index (κ3) is 3.87. The predicted molar refractivity (Wildman–Crippen MR) is 125 cm³/mol. The number of cyclic esters (lactones) is 1. The molecule has 10 nitrogen and oxygen atoms in total. The number of amides is 1. The lowest BCUT2D eigenvalue weighted by molar-refractivity contribution is -0.128. The number of hydrogen-bond donors (Lipinski definition) is 0. The summed E-state index contributed by atoms with van der Waals surface area (Å²) in [5.41, 5.74) is 0.878. The van der Waals surface area contributed by atoms with Gasteiger partial charge in [-0.3, -0.25) is 9.69 Å². The second-order valence-corrected chi connectivity index (χ2v) is 10.1. The van der Waals surface area contributed by atoms with Crippen LogP contribution in [0.1, 0.15) is 62.7 Å². The lowest BCUT2D eigenvalue weighted by Crippen LogP contribution is -2.41. The van der Waals surface area contributed by atoms with Crippen LogP contribution in [0.3, 0.4) is 0 Å². The molecule has 0 aromatic carbocycles. The number of carbonyl (C=O) groups is 2. The van der Waals surface area contributed by atoms with E-state index in [0.717, 1.165) is 63.5 Å². The number of fused-ring (bicyclic) bond motifs is 2. The van der Waals surface area contributed by atoms with Gasteiger partial charge in [-0.15, -0.1) is 0 Å². The van der Waals surface area contributed by atoms with Gasteiger partial charge in [-0.05, 0) is 58.5 Å². The van der Waals surface area contributed by atoms with E-state index in [-0.39, 0.29) is 5.78 Å². The molecule has 2 atom stereocenters. The van der Waals surface area contributed by atoms with E-state index in [1.54, 1.807) is 6.07 Å². The molecule has 1 saturated carbocycles. The van der Waals surface area contributed by atoms with Crippen molar-refractivity contribution in [3.8, 4) is 17.4 Å². The maximum atomic E-state index is 13.0. The van der Waals surface area contributed by atoms with E-state index in [2.05, 4.69) is 27.1 Å². The van der Waals surface area contributed by atoms with Gasteiger partial charge in [-0.1, -0.05) is 11.6 Å². The van der Waals surface area contributed by atoms with E-state index < -0.39 is 11.5 Å². The number of ketones is 1. The van der Waals surface area contributed by atoms with Crippen LogP contribution in [0.15, 0.2) is 10.6 Å². The van der Waals surface area contributed by atoms with E-state index in [0.29, 0.717) is 61.2 Å². The van der Waals surface area contributed by atoms with Crippen LogP contribution in [0, 0.1) is 0 Å². The number of anilines is 1. The largest absolute Gasteiger partial charge is 0.476 e. The van der Waals surface area contributed by atoms with Gasteiger partial charge in [0.15, 0.2) is 17.3 Å². The fourth-order valence-corrected chi connectivity index (χ4v) is 6.07. The number of hydrogen-bond acceptors (Lipinski definition) is 9. The Balaban J connectivity index is 1.37. The summed E-state index contributed by atoms with van der Waals surface area (Å²) in [6, 6.07) is 2.01. The van der Waals surface area contributed by atoms with Crippen molar-refractivity contribution in [2.75, 3.05) is 38.3 Å². The number of ether oxygens (including phenoxy) is 2. The molecule has 4 aliphatic rings. The highest BCUT2D eigenvalue weighted by Gasteiger charge is 2.48. The normalized spacial score (nSPS) is 26.9. The van der Waals surface area contributed by atoms with Gasteiger partial charge in [0.2, 0.25) is 5.88 Å². The average Bonchev–Trinajstić information content (AvgIpc) is 3.60. The Labute approximate surface area is 204 Å². The molecule has 4 heterocycles. The molecule has 6 rings (SSSR count). The summed E-state index contributed by atoms with van der Waals surface area (Å²) in [6.45, 7) is 2.28. The average molecular weight is 482 g/mol. The van der Waals surface area contributed by atoms with Crippen molar-refractivity contribution in [2.45, 2.75) is 69.2 Å². The number of aromatic nitrogens is 3. The van der Waals surface area contributed by atoms with Crippen LogP contribution < -0.4 is 9.64 Å². The molecule has 1 amide bonds. The number of nitrogens with zero attached hydrogens (tertiary/aromatic N) is 5. The SMILES string of the molecule is CN1CCC[C@H]1COc1cc(N2CCOC2=O)nc(-c2noc3c2CCC[C@@]32CCCCC2=O)n1. The first kappa shape index (κ1) is 22.5. The van der Waals surface area contributed by atoms with Crippen molar-refractivity contribution in [1.82, 2.24) is 20.0 Å². The Morgan fingerprint density at radius 1 is 1.11 bits per heavy atom. The van der Waals surface area contributed by atoms with Gasteiger partial charge >= 0.3 is 6.09 Å². The zero-order valence-corrected chi connectivity index (χ0v) is 20.1. The summed E-state index contributed by atoms with van der Waals surface area (Å²) in [5.74, 6) is 2.10. The molecule has 1 spiro atoms. The summed E-state index contributed by atoms with van der Waals surface area (Å²) in [6.07, 6.45) is 7.57. The first-order chi connectivity index (χ1) is 17.0. The topological polar surface area (TPSA) is 111 Å². The van der Waals surface area contributed by atoms with Crippen LogP contribution in [0.5, 0.6) is 5.88 Å². The zero-order valence-electron chi connectivity index (χ0n) is 20.1. The summed E-state index contributed by atoms with van der Waals surface area (Å²) in [7, 11) is 2.10. The molecule has 2 aromatic rings. The fraction of sp³-hybridized carbons (Fsp3) is 0.640. The number of likely N-dealkylation sites (N-methyl/N-ethyl adjacent to an activating group) is 1. The maximum Gasteiger partial charge on any atom is 0.415 e. The van der Waals surface area contributed by atoms with Crippen LogP contribution in [0.2, 0.25) is 0 Å². The van der Waals surface area contributed by atoms with Crippen LogP contribution >= 0.6 is 0 Å². The molecule has 2 aliphatic carbocycles. The Morgan fingerprint density at radius 2 is 2.00 bits per heavy atom. The second-order valence-electron chi connectivity index (χ2n) is 10.1. The summed E-state index contributed by atoms with van der Waals surface area (Å²) in [5, 5.41) is 4.38. The van der Waals surface area contributed by atoms with Gasteiger partial charge in [0, 0.05) is 24.1 Å².